The van der Waals surface area contributed by atoms with Crippen molar-refractivity contribution in [1.82, 2.24) is 16.0 Å². The Morgan fingerprint density at radius 3 is 2.41 bits per heavy atom. The van der Waals surface area contributed by atoms with Gasteiger partial charge < -0.3 is 87.8 Å². The molecule has 4 fully saturated rings. The molecule has 17 nitrogen and oxygen atoms in total. The zero-order valence-corrected chi connectivity index (χ0v) is 28.6. The molecule has 17 heteroatoms. The number of nitrogens with two attached hydrogens (primary N) is 3. The van der Waals surface area contributed by atoms with Crippen LogP contribution in [0.3, 0.4) is 0 Å². The van der Waals surface area contributed by atoms with Gasteiger partial charge in [0.2, 0.25) is 0 Å². The fourth-order valence-electron chi connectivity index (χ4n) is 6.47. The molecule has 16 N–H and O–H groups in total. The van der Waals surface area contributed by atoms with E-state index in [-0.39, 0.29) is 56.4 Å². The summed E-state index contributed by atoms with van der Waals surface area (Å²) in [5, 5.41) is 74.9. The van der Waals surface area contributed by atoms with Gasteiger partial charge in [0, 0.05) is 44.7 Å². The van der Waals surface area contributed by atoms with Gasteiger partial charge in [-0.25, -0.2) is 0 Å². The minimum absolute atomic E-state index is 0.0277. The van der Waals surface area contributed by atoms with E-state index in [2.05, 4.69) is 28.1 Å². The Labute approximate surface area is 289 Å². The maximum Gasteiger partial charge on any atom is 0.172 e. The predicted molar refractivity (Wildman–Crippen MR) is 180 cm³/mol. The lowest BCUT2D eigenvalue weighted by atomic mass is 9.89. The third-order valence-corrected chi connectivity index (χ3v) is 9.47. The summed E-state index contributed by atoms with van der Waals surface area (Å²) >= 11 is 0. The fourth-order valence-corrected chi connectivity index (χ4v) is 6.47. The molecule has 3 saturated heterocycles. The number of hydrogen-bond donors (Lipinski definition) is 13. The lowest BCUT2D eigenvalue weighted by Crippen LogP contribution is -2.62. The molecule has 4 heterocycles. The van der Waals surface area contributed by atoms with Gasteiger partial charge in [0.05, 0.1) is 55.9 Å². The van der Waals surface area contributed by atoms with Gasteiger partial charge in [0.1, 0.15) is 18.3 Å². The Balaban J connectivity index is 0.000000207. The van der Waals surface area contributed by atoms with E-state index in [0.717, 1.165) is 77.6 Å². The van der Waals surface area contributed by atoms with Crippen molar-refractivity contribution in [2.75, 3.05) is 59.1 Å². The minimum Gasteiger partial charge on any atom is -0.394 e. The van der Waals surface area contributed by atoms with Gasteiger partial charge in [0.25, 0.3) is 0 Å². The van der Waals surface area contributed by atoms with E-state index in [9.17, 15) is 20.4 Å². The van der Waals surface area contributed by atoms with E-state index in [0.29, 0.717) is 13.1 Å². The van der Waals surface area contributed by atoms with E-state index < -0.39 is 42.3 Å². The first kappa shape index (κ1) is 42.5. The Bertz CT molecular complexity index is 918. The van der Waals surface area contributed by atoms with Gasteiger partial charge in [0.15, 0.2) is 12.6 Å². The van der Waals surface area contributed by atoms with Crippen LogP contribution in [0.25, 0.3) is 0 Å². The monoisotopic (exact) mass is 708 g/mol. The number of piperidine rings is 1. The highest BCUT2D eigenvalue weighted by atomic mass is 16.7. The number of ether oxygens (including phenoxy) is 4. The Kier molecular flexibility index (Phi) is 19.2. The molecule has 0 amide bonds. The van der Waals surface area contributed by atoms with Crippen LogP contribution in [-0.2, 0) is 18.9 Å². The van der Waals surface area contributed by atoms with Crippen LogP contribution in [0.15, 0.2) is 12.2 Å². The molecule has 4 aliphatic heterocycles. The molecular formula is C32H64N6O11. The third kappa shape index (κ3) is 14.9. The van der Waals surface area contributed by atoms with Gasteiger partial charge in [-0.05, 0) is 58.0 Å². The smallest absolute Gasteiger partial charge is 0.172 e. The second kappa shape index (κ2) is 22.2. The van der Waals surface area contributed by atoms with Crippen LogP contribution in [0, 0.1) is 0 Å². The fraction of sp³-hybridized carbons (Fsp3) is 0.938. The summed E-state index contributed by atoms with van der Waals surface area (Å²) in [4.78, 5) is 0. The summed E-state index contributed by atoms with van der Waals surface area (Å²) < 4.78 is 21.9. The number of rotatable bonds is 12. The molecule has 5 rings (SSSR count). The van der Waals surface area contributed by atoms with Crippen molar-refractivity contribution in [3.05, 3.63) is 12.2 Å². The molecule has 1 saturated carbocycles. The molecule has 0 bridgehead atoms. The average molecular weight is 709 g/mol. The molecular weight excluding hydrogens is 644 g/mol. The molecule has 0 aromatic rings. The SMILES string of the molecule is NC1CC(NCC(O)CO)CC(OC2CCC(CO)O2)C1.NC[C@@H]1O[C@H](O)[C@H](N)C(O)[C@@H]1O.OC1(CNCC2C=CCCO2)CCNCC1. The van der Waals surface area contributed by atoms with Gasteiger partial charge in [-0.3, -0.25) is 0 Å². The van der Waals surface area contributed by atoms with Crippen LogP contribution < -0.4 is 33.2 Å². The van der Waals surface area contributed by atoms with Crippen molar-refractivity contribution in [2.24, 2.45) is 17.2 Å². The Morgan fingerprint density at radius 1 is 1.02 bits per heavy atom. The lowest BCUT2D eigenvalue weighted by Gasteiger charge is -2.38. The van der Waals surface area contributed by atoms with E-state index in [1.807, 2.05) is 0 Å². The highest BCUT2D eigenvalue weighted by Gasteiger charge is 2.41. The van der Waals surface area contributed by atoms with Crippen molar-refractivity contribution in [1.29, 1.82) is 0 Å². The molecule has 0 aromatic carbocycles. The van der Waals surface area contributed by atoms with E-state index in [1.54, 1.807) is 0 Å². The normalized spacial score (nSPS) is 38.1. The number of aliphatic hydroxyl groups excluding tert-OH is 6. The van der Waals surface area contributed by atoms with Crippen LogP contribution in [0.1, 0.15) is 51.4 Å². The quantitative estimate of drug-likeness (QED) is 0.0850. The van der Waals surface area contributed by atoms with Crippen LogP contribution in [0.2, 0.25) is 0 Å². The van der Waals surface area contributed by atoms with Crippen molar-refractivity contribution < 1.29 is 54.7 Å². The second-order valence-corrected chi connectivity index (χ2v) is 13.7. The molecule has 288 valence electrons. The summed E-state index contributed by atoms with van der Waals surface area (Å²) in [5.41, 5.74) is 16.1. The van der Waals surface area contributed by atoms with Crippen molar-refractivity contribution in [3.8, 4) is 0 Å². The first-order valence-electron chi connectivity index (χ1n) is 17.7. The van der Waals surface area contributed by atoms with Crippen molar-refractivity contribution >= 4 is 0 Å². The molecule has 0 radical (unpaired) electrons. The molecule has 0 aromatic heterocycles. The van der Waals surface area contributed by atoms with Crippen LogP contribution >= 0.6 is 0 Å². The first-order chi connectivity index (χ1) is 23.5. The van der Waals surface area contributed by atoms with E-state index in [1.165, 1.54) is 0 Å². The van der Waals surface area contributed by atoms with E-state index >= 15 is 0 Å². The average Bonchev–Trinajstić information content (AvgIpc) is 3.56. The van der Waals surface area contributed by atoms with Crippen LogP contribution in [-0.4, -0.2) is 174 Å². The molecule has 5 aliphatic rings. The summed E-state index contributed by atoms with van der Waals surface area (Å²) in [6.45, 7) is 4.29. The van der Waals surface area contributed by atoms with Gasteiger partial charge >= 0.3 is 0 Å². The van der Waals surface area contributed by atoms with E-state index in [4.69, 9.17) is 51.5 Å². The van der Waals surface area contributed by atoms with Gasteiger partial charge in [-0.1, -0.05) is 12.2 Å². The lowest BCUT2D eigenvalue weighted by molar-refractivity contribution is -0.238. The van der Waals surface area contributed by atoms with Gasteiger partial charge in [-0.15, -0.1) is 0 Å². The van der Waals surface area contributed by atoms with Crippen molar-refractivity contribution in [2.45, 2.75) is 130 Å². The molecule has 0 spiro atoms. The molecule has 8 unspecified atom stereocenters. The summed E-state index contributed by atoms with van der Waals surface area (Å²) in [7, 11) is 0. The topological polar surface area (TPSA) is 293 Å². The summed E-state index contributed by atoms with van der Waals surface area (Å²) in [6, 6.07) is -0.750. The van der Waals surface area contributed by atoms with Crippen LogP contribution in [0.4, 0.5) is 0 Å². The third-order valence-electron chi connectivity index (χ3n) is 9.47. The molecule has 1 aliphatic carbocycles. The highest BCUT2D eigenvalue weighted by molar-refractivity contribution is 4.95. The van der Waals surface area contributed by atoms with Crippen molar-refractivity contribution in [3.63, 3.8) is 0 Å². The standard InChI is InChI=1S/C14H28N2O5.C12H22N2O2.C6H14N2O4/c15-9-3-10(16-6-11(19)7-17)5-13(4-9)21-14-2-1-12(8-18)20-14;15-12(4-6-13-7-5-12)10-14-9-11-3-1-2-8-16-11;7-1-2-4(9)5(10)3(8)6(11)12-2/h9-14,16-19H,1-8,15H2;1,3,11,13-15H,2,4-10H2;2-6,9-11H,1,7-8H2/t;;2-,3+,4+,5?,6-/m..0/s1. The summed E-state index contributed by atoms with van der Waals surface area (Å²) in [6.07, 6.45) is 5.78. The highest BCUT2D eigenvalue weighted by Crippen LogP contribution is 2.27. The number of aliphatic hydroxyl groups is 7. The second-order valence-electron chi connectivity index (χ2n) is 13.7. The molecule has 49 heavy (non-hydrogen) atoms. The maximum atomic E-state index is 10.2. The molecule has 12 atom stereocenters. The Hall–Kier alpha value is -0.940. The maximum absolute atomic E-state index is 10.2. The zero-order chi connectivity index (χ0) is 35.8. The largest absolute Gasteiger partial charge is 0.394 e. The summed E-state index contributed by atoms with van der Waals surface area (Å²) in [5.74, 6) is 0. The van der Waals surface area contributed by atoms with Gasteiger partial charge in [-0.2, -0.15) is 0 Å². The Morgan fingerprint density at radius 2 is 1.78 bits per heavy atom. The number of nitrogens with one attached hydrogen (secondary N) is 3. The number of hydrogen-bond acceptors (Lipinski definition) is 17. The first-order valence-corrected chi connectivity index (χ1v) is 17.7. The van der Waals surface area contributed by atoms with Crippen LogP contribution in [0.5, 0.6) is 0 Å². The minimum atomic E-state index is -1.27. The zero-order valence-electron chi connectivity index (χ0n) is 28.6. The predicted octanol–water partition coefficient (Wildman–Crippen LogP) is -4.56.